The molecule has 0 unspecified atom stereocenters. The molecule has 9 nitrogen and oxygen atoms in total. The van der Waals surface area contributed by atoms with Crippen LogP contribution in [0.1, 0.15) is 20.8 Å². The van der Waals surface area contributed by atoms with E-state index in [0.29, 0.717) is 15.8 Å². The minimum atomic E-state index is -0.789. The SMILES string of the molecule is Cc1cccc(NC(=O)NC(=O)COC(=O)c2cc3cc([N+](=O)[O-])ccc3s2)c1C. The number of amides is 3. The number of imide groups is 1. The van der Waals surface area contributed by atoms with Gasteiger partial charge >= 0.3 is 12.0 Å². The van der Waals surface area contributed by atoms with E-state index in [2.05, 4.69) is 10.6 Å². The van der Waals surface area contributed by atoms with Crippen LogP contribution in [0.5, 0.6) is 0 Å². The zero-order chi connectivity index (χ0) is 21.8. The Morgan fingerprint density at radius 2 is 1.90 bits per heavy atom. The molecule has 10 heteroatoms. The topological polar surface area (TPSA) is 128 Å². The summed E-state index contributed by atoms with van der Waals surface area (Å²) in [7, 11) is 0. The maximum atomic E-state index is 12.2. The van der Waals surface area contributed by atoms with Gasteiger partial charge in [-0.2, -0.15) is 0 Å². The minimum Gasteiger partial charge on any atom is -0.451 e. The first kappa shape index (κ1) is 20.9. The first-order valence-electron chi connectivity index (χ1n) is 8.77. The first-order chi connectivity index (χ1) is 14.2. The lowest BCUT2D eigenvalue weighted by Gasteiger charge is -2.10. The summed E-state index contributed by atoms with van der Waals surface area (Å²) < 4.78 is 5.61. The number of nitrogens with zero attached hydrogens (tertiary/aromatic N) is 1. The Morgan fingerprint density at radius 1 is 1.13 bits per heavy atom. The van der Waals surface area contributed by atoms with Crippen LogP contribution in [0.3, 0.4) is 0 Å². The quantitative estimate of drug-likeness (QED) is 0.361. The molecule has 0 fully saturated rings. The lowest BCUT2D eigenvalue weighted by molar-refractivity contribution is -0.384. The Balaban J connectivity index is 1.55. The van der Waals surface area contributed by atoms with Crippen LogP contribution in [0.25, 0.3) is 10.1 Å². The van der Waals surface area contributed by atoms with Crippen molar-refractivity contribution in [2.24, 2.45) is 0 Å². The van der Waals surface area contributed by atoms with Crippen molar-refractivity contribution in [1.29, 1.82) is 0 Å². The first-order valence-corrected chi connectivity index (χ1v) is 9.58. The average molecular weight is 427 g/mol. The third-order valence-electron chi connectivity index (χ3n) is 4.35. The number of anilines is 1. The van der Waals surface area contributed by atoms with Crippen molar-refractivity contribution in [3.8, 4) is 0 Å². The lowest BCUT2D eigenvalue weighted by atomic mass is 10.1. The van der Waals surface area contributed by atoms with Gasteiger partial charge in [0.2, 0.25) is 0 Å². The number of aryl methyl sites for hydroxylation is 1. The number of non-ortho nitro benzene ring substituents is 1. The third-order valence-corrected chi connectivity index (χ3v) is 5.45. The molecule has 0 bridgehead atoms. The van der Waals surface area contributed by atoms with Crippen molar-refractivity contribution in [3.63, 3.8) is 0 Å². The number of thiophene rings is 1. The van der Waals surface area contributed by atoms with Gasteiger partial charge in [-0.3, -0.25) is 20.2 Å². The number of carbonyl (C=O) groups excluding carboxylic acids is 3. The van der Waals surface area contributed by atoms with E-state index < -0.39 is 29.4 Å². The van der Waals surface area contributed by atoms with Gasteiger partial charge in [0.05, 0.1) is 4.92 Å². The van der Waals surface area contributed by atoms with Crippen molar-refractivity contribution in [1.82, 2.24) is 5.32 Å². The monoisotopic (exact) mass is 427 g/mol. The fraction of sp³-hybridized carbons (Fsp3) is 0.150. The van der Waals surface area contributed by atoms with Gasteiger partial charge in [-0.05, 0) is 43.2 Å². The van der Waals surface area contributed by atoms with E-state index in [1.807, 2.05) is 19.9 Å². The van der Waals surface area contributed by atoms with Crippen LogP contribution < -0.4 is 10.6 Å². The van der Waals surface area contributed by atoms with Crippen LogP contribution in [0, 0.1) is 24.0 Å². The number of hydrogen-bond acceptors (Lipinski definition) is 7. The zero-order valence-corrected chi connectivity index (χ0v) is 16.9. The number of benzene rings is 2. The number of esters is 1. The molecule has 154 valence electrons. The Labute approximate surface area is 174 Å². The molecule has 3 rings (SSSR count). The molecule has 3 amide bonds. The van der Waals surface area contributed by atoms with E-state index >= 15 is 0 Å². The summed E-state index contributed by atoms with van der Waals surface area (Å²) in [6, 6.07) is 10.3. The minimum absolute atomic E-state index is 0.0885. The average Bonchev–Trinajstić information content (AvgIpc) is 3.13. The number of nitro groups is 1. The van der Waals surface area contributed by atoms with Gasteiger partial charge in [-0.15, -0.1) is 11.3 Å². The highest BCUT2D eigenvalue weighted by atomic mass is 32.1. The van der Waals surface area contributed by atoms with Crippen molar-refractivity contribution in [2.45, 2.75) is 13.8 Å². The van der Waals surface area contributed by atoms with E-state index in [9.17, 15) is 24.5 Å². The lowest BCUT2D eigenvalue weighted by Crippen LogP contribution is -2.37. The van der Waals surface area contributed by atoms with Gasteiger partial charge < -0.3 is 10.1 Å². The van der Waals surface area contributed by atoms with Crippen molar-refractivity contribution < 1.29 is 24.0 Å². The molecule has 1 aromatic heterocycles. The molecule has 0 aliphatic rings. The molecule has 0 saturated heterocycles. The number of nitrogens with one attached hydrogen (secondary N) is 2. The van der Waals surface area contributed by atoms with Gasteiger partial charge in [0.25, 0.3) is 11.6 Å². The Kier molecular flexibility index (Phi) is 6.07. The third kappa shape index (κ3) is 4.78. The standard InChI is InChI=1S/C20H17N3O6S/c1-11-4-3-5-15(12(11)2)21-20(26)22-18(24)10-29-19(25)17-9-13-8-14(23(27)28)6-7-16(13)30-17/h3-9H,10H2,1-2H3,(H2,21,22,24,26). The maximum Gasteiger partial charge on any atom is 0.348 e. The highest BCUT2D eigenvalue weighted by Gasteiger charge is 2.17. The zero-order valence-electron chi connectivity index (χ0n) is 16.1. The molecule has 0 atom stereocenters. The van der Waals surface area contributed by atoms with Crippen LogP contribution in [0.15, 0.2) is 42.5 Å². The highest BCUT2D eigenvalue weighted by Crippen LogP contribution is 2.29. The van der Waals surface area contributed by atoms with Crippen LogP contribution >= 0.6 is 11.3 Å². The molecule has 2 aromatic carbocycles. The summed E-state index contributed by atoms with van der Waals surface area (Å²) in [6.45, 7) is 3.09. The molecular weight excluding hydrogens is 410 g/mol. The molecule has 1 heterocycles. The summed E-state index contributed by atoms with van der Waals surface area (Å²) in [4.78, 5) is 46.6. The number of urea groups is 1. The van der Waals surface area contributed by atoms with Gasteiger partial charge in [-0.25, -0.2) is 9.59 Å². The fourth-order valence-electron chi connectivity index (χ4n) is 2.65. The van der Waals surface area contributed by atoms with Crippen LogP contribution in [0.4, 0.5) is 16.2 Å². The number of rotatable bonds is 5. The summed E-state index contributed by atoms with van der Waals surface area (Å²) in [5, 5.41) is 16.0. The number of fused-ring (bicyclic) bond motifs is 1. The number of hydrogen-bond donors (Lipinski definition) is 2. The maximum absolute atomic E-state index is 12.2. The fourth-order valence-corrected chi connectivity index (χ4v) is 3.59. The number of ether oxygens (including phenoxy) is 1. The molecule has 2 N–H and O–H groups in total. The predicted molar refractivity (Wildman–Crippen MR) is 112 cm³/mol. The van der Waals surface area contributed by atoms with E-state index in [1.54, 1.807) is 18.2 Å². The molecule has 0 saturated carbocycles. The second-order valence-electron chi connectivity index (χ2n) is 6.42. The van der Waals surface area contributed by atoms with Crippen LogP contribution in [0.2, 0.25) is 0 Å². The molecule has 30 heavy (non-hydrogen) atoms. The molecule has 0 spiro atoms. The smallest absolute Gasteiger partial charge is 0.348 e. The second-order valence-corrected chi connectivity index (χ2v) is 7.50. The Hall–Kier alpha value is -3.79. The summed E-state index contributed by atoms with van der Waals surface area (Å²) in [5.74, 6) is -1.55. The second kappa shape index (κ2) is 8.70. The molecule has 0 aliphatic carbocycles. The summed E-state index contributed by atoms with van der Waals surface area (Å²) in [6.07, 6.45) is 0. The van der Waals surface area contributed by atoms with E-state index in [0.717, 1.165) is 22.5 Å². The van der Waals surface area contributed by atoms with Crippen molar-refractivity contribution in [3.05, 3.63) is 68.6 Å². The van der Waals surface area contributed by atoms with E-state index in [1.165, 1.54) is 18.2 Å². The summed E-state index contributed by atoms with van der Waals surface area (Å²) >= 11 is 1.09. The molecular formula is C20H17N3O6S. The number of nitro benzene ring substituents is 1. The number of carbonyl (C=O) groups is 3. The summed E-state index contributed by atoms with van der Waals surface area (Å²) in [5.41, 5.74) is 2.34. The Bertz CT molecular complexity index is 1170. The molecule has 0 aliphatic heterocycles. The van der Waals surface area contributed by atoms with Gasteiger partial charge in [0.1, 0.15) is 4.88 Å². The van der Waals surface area contributed by atoms with Gasteiger partial charge in [0.15, 0.2) is 6.61 Å². The largest absolute Gasteiger partial charge is 0.451 e. The van der Waals surface area contributed by atoms with Crippen LogP contribution in [-0.4, -0.2) is 29.4 Å². The Morgan fingerprint density at radius 3 is 2.63 bits per heavy atom. The van der Waals surface area contributed by atoms with Gasteiger partial charge in [0, 0.05) is 27.9 Å². The van der Waals surface area contributed by atoms with Gasteiger partial charge in [-0.1, -0.05) is 12.1 Å². The predicted octanol–water partition coefficient (Wildman–Crippen LogP) is 3.93. The normalized spacial score (nSPS) is 10.5. The molecule has 3 aromatic rings. The van der Waals surface area contributed by atoms with Crippen molar-refractivity contribution >= 4 is 50.7 Å². The highest BCUT2D eigenvalue weighted by molar-refractivity contribution is 7.20. The van der Waals surface area contributed by atoms with Crippen LogP contribution in [-0.2, 0) is 9.53 Å². The van der Waals surface area contributed by atoms with E-state index in [-0.39, 0.29) is 10.6 Å². The van der Waals surface area contributed by atoms with E-state index in [4.69, 9.17) is 4.74 Å². The van der Waals surface area contributed by atoms with Crippen molar-refractivity contribution in [2.75, 3.05) is 11.9 Å². The molecule has 0 radical (unpaired) electrons.